The Morgan fingerprint density at radius 3 is 2.77 bits per heavy atom. The first-order chi connectivity index (χ1) is 12.6. The van der Waals surface area contributed by atoms with Gasteiger partial charge in [0.25, 0.3) is 10.8 Å². The number of fused-ring (bicyclic) bond motifs is 1. The van der Waals surface area contributed by atoms with Crippen LogP contribution in [-0.2, 0) is 5.75 Å². The van der Waals surface area contributed by atoms with Crippen LogP contribution in [0.5, 0.6) is 0 Å². The molecule has 0 amide bonds. The fourth-order valence-electron chi connectivity index (χ4n) is 2.59. The van der Waals surface area contributed by atoms with E-state index < -0.39 is 0 Å². The maximum absolute atomic E-state index is 12.1. The smallest absolute Gasteiger partial charge is 0.277 e. The fraction of sp³-hybridized carbons (Fsp3) is 0.158. The standard InChI is InChI=1S/C19H16N4O2S/c1-11-7-8-13(9-12(11)2)18-22-23-19(25-18)26-10-16-20-15-6-4-3-5-14(15)17(24)21-16/h3-9H,10H2,1-2H3,(H,20,21,24). The van der Waals surface area contributed by atoms with Gasteiger partial charge in [-0.25, -0.2) is 4.98 Å². The molecule has 0 saturated carbocycles. The molecular weight excluding hydrogens is 348 g/mol. The van der Waals surface area contributed by atoms with E-state index in [1.54, 1.807) is 6.07 Å². The van der Waals surface area contributed by atoms with Gasteiger partial charge in [-0.2, -0.15) is 0 Å². The Kier molecular flexibility index (Phi) is 4.30. The Morgan fingerprint density at radius 2 is 1.92 bits per heavy atom. The molecule has 0 unspecified atom stereocenters. The van der Waals surface area contributed by atoms with E-state index in [2.05, 4.69) is 27.1 Å². The summed E-state index contributed by atoms with van der Waals surface area (Å²) in [6.07, 6.45) is 0. The number of hydrogen-bond acceptors (Lipinski definition) is 6. The van der Waals surface area contributed by atoms with Gasteiger partial charge < -0.3 is 9.40 Å². The van der Waals surface area contributed by atoms with Crippen LogP contribution in [0.15, 0.2) is 56.9 Å². The Morgan fingerprint density at radius 1 is 1.08 bits per heavy atom. The van der Waals surface area contributed by atoms with E-state index in [0.29, 0.717) is 33.6 Å². The third-order valence-electron chi connectivity index (χ3n) is 4.15. The van der Waals surface area contributed by atoms with Crippen LogP contribution in [0.4, 0.5) is 0 Å². The summed E-state index contributed by atoms with van der Waals surface area (Å²) in [6, 6.07) is 13.3. The van der Waals surface area contributed by atoms with Gasteiger partial charge in [0.2, 0.25) is 5.89 Å². The summed E-state index contributed by atoms with van der Waals surface area (Å²) in [5.74, 6) is 1.49. The molecule has 0 aliphatic carbocycles. The van der Waals surface area contributed by atoms with E-state index in [9.17, 15) is 4.79 Å². The molecule has 0 spiro atoms. The van der Waals surface area contributed by atoms with Crippen LogP contribution in [0.2, 0.25) is 0 Å². The molecule has 0 atom stereocenters. The van der Waals surface area contributed by atoms with Crippen molar-refractivity contribution in [2.45, 2.75) is 24.8 Å². The van der Waals surface area contributed by atoms with E-state index in [1.807, 2.05) is 43.3 Å². The Balaban J connectivity index is 1.53. The molecule has 26 heavy (non-hydrogen) atoms. The summed E-state index contributed by atoms with van der Waals surface area (Å²) < 4.78 is 5.72. The average Bonchev–Trinajstić information content (AvgIpc) is 3.11. The second kappa shape index (κ2) is 6.76. The molecule has 1 N–H and O–H groups in total. The number of hydrogen-bond donors (Lipinski definition) is 1. The molecule has 0 saturated heterocycles. The molecule has 0 aliphatic heterocycles. The highest BCUT2D eigenvalue weighted by atomic mass is 32.2. The molecule has 2 aromatic carbocycles. The zero-order valence-corrected chi connectivity index (χ0v) is 15.1. The van der Waals surface area contributed by atoms with Crippen LogP contribution in [0.3, 0.4) is 0 Å². The second-order valence-electron chi connectivity index (χ2n) is 5.99. The fourth-order valence-corrected chi connectivity index (χ4v) is 3.23. The van der Waals surface area contributed by atoms with Crippen molar-refractivity contribution in [2.75, 3.05) is 0 Å². The van der Waals surface area contributed by atoms with Gasteiger partial charge in [-0.1, -0.05) is 30.0 Å². The van der Waals surface area contributed by atoms with Crippen molar-refractivity contribution in [1.29, 1.82) is 0 Å². The summed E-state index contributed by atoms with van der Waals surface area (Å²) in [5.41, 5.74) is 3.81. The van der Waals surface area contributed by atoms with Crippen LogP contribution in [0.25, 0.3) is 22.4 Å². The van der Waals surface area contributed by atoms with Gasteiger partial charge in [0, 0.05) is 5.56 Å². The normalized spacial score (nSPS) is 11.2. The Bertz CT molecular complexity index is 1150. The molecule has 0 radical (unpaired) electrons. The molecule has 2 heterocycles. The number of nitrogens with one attached hydrogen (secondary N) is 1. The van der Waals surface area contributed by atoms with Crippen molar-refractivity contribution in [3.8, 4) is 11.5 Å². The first kappa shape index (κ1) is 16.5. The van der Waals surface area contributed by atoms with Gasteiger partial charge in [0.05, 0.1) is 16.7 Å². The highest BCUT2D eigenvalue weighted by Crippen LogP contribution is 2.26. The number of aryl methyl sites for hydroxylation is 2. The lowest BCUT2D eigenvalue weighted by molar-refractivity contribution is 0.465. The SMILES string of the molecule is Cc1ccc(-c2nnc(SCc3nc4ccccc4c(=O)[nH]3)o2)cc1C. The van der Waals surface area contributed by atoms with E-state index in [4.69, 9.17) is 4.42 Å². The molecule has 0 fully saturated rings. The number of benzene rings is 2. The number of aromatic amines is 1. The van der Waals surface area contributed by atoms with E-state index in [0.717, 1.165) is 5.56 Å². The topological polar surface area (TPSA) is 84.7 Å². The van der Waals surface area contributed by atoms with Crippen LogP contribution in [0, 0.1) is 13.8 Å². The number of rotatable bonds is 4. The van der Waals surface area contributed by atoms with Crippen LogP contribution < -0.4 is 5.56 Å². The number of nitrogens with zero attached hydrogens (tertiary/aromatic N) is 3. The van der Waals surface area contributed by atoms with E-state index in [-0.39, 0.29) is 5.56 Å². The zero-order valence-electron chi connectivity index (χ0n) is 14.3. The third kappa shape index (κ3) is 3.25. The van der Waals surface area contributed by atoms with Crippen LogP contribution >= 0.6 is 11.8 Å². The summed E-state index contributed by atoms with van der Waals surface area (Å²) in [7, 11) is 0. The maximum Gasteiger partial charge on any atom is 0.277 e. The molecule has 0 aliphatic rings. The predicted octanol–water partition coefficient (Wildman–Crippen LogP) is 3.88. The van der Waals surface area contributed by atoms with Crippen molar-refractivity contribution in [3.63, 3.8) is 0 Å². The van der Waals surface area contributed by atoms with Gasteiger partial charge in [-0.3, -0.25) is 4.79 Å². The lowest BCUT2D eigenvalue weighted by Crippen LogP contribution is -2.11. The van der Waals surface area contributed by atoms with Crippen molar-refractivity contribution in [1.82, 2.24) is 20.2 Å². The molecule has 6 nitrogen and oxygen atoms in total. The number of para-hydroxylation sites is 1. The van der Waals surface area contributed by atoms with Crippen LogP contribution in [0.1, 0.15) is 17.0 Å². The summed E-state index contributed by atoms with van der Waals surface area (Å²) in [4.78, 5) is 19.4. The van der Waals surface area contributed by atoms with Gasteiger partial charge in [0.1, 0.15) is 5.82 Å². The van der Waals surface area contributed by atoms with Gasteiger partial charge >= 0.3 is 0 Å². The lowest BCUT2D eigenvalue weighted by atomic mass is 10.1. The summed E-state index contributed by atoms with van der Waals surface area (Å²) in [5, 5.41) is 9.20. The van der Waals surface area contributed by atoms with Gasteiger partial charge in [-0.15, -0.1) is 10.2 Å². The number of thioether (sulfide) groups is 1. The monoisotopic (exact) mass is 364 g/mol. The molecular formula is C19H16N4O2S. The summed E-state index contributed by atoms with van der Waals surface area (Å²) in [6.45, 7) is 4.11. The predicted molar refractivity (Wildman–Crippen MR) is 101 cm³/mol. The minimum absolute atomic E-state index is 0.146. The third-order valence-corrected chi connectivity index (χ3v) is 4.98. The minimum atomic E-state index is -0.146. The van der Waals surface area contributed by atoms with Crippen molar-refractivity contribution in [2.24, 2.45) is 0 Å². The first-order valence-electron chi connectivity index (χ1n) is 8.12. The zero-order chi connectivity index (χ0) is 18.1. The molecule has 2 aromatic heterocycles. The molecule has 4 rings (SSSR count). The molecule has 130 valence electrons. The van der Waals surface area contributed by atoms with E-state index in [1.165, 1.54) is 22.9 Å². The second-order valence-corrected chi connectivity index (χ2v) is 6.92. The number of aromatic nitrogens is 4. The van der Waals surface area contributed by atoms with Crippen molar-refractivity contribution >= 4 is 22.7 Å². The van der Waals surface area contributed by atoms with Crippen LogP contribution in [-0.4, -0.2) is 20.2 Å². The minimum Gasteiger partial charge on any atom is -0.411 e. The van der Waals surface area contributed by atoms with Crippen molar-refractivity contribution in [3.05, 3.63) is 69.8 Å². The lowest BCUT2D eigenvalue weighted by Gasteiger charge is -2.01. The van der Waals surface area contributed by atoms with E-state index >= 15 is 0 Å². The number of H-pyrrole nitrogens is 1. The average molecular weight is 364 g/mol. The molecule has 7 heteroatoms. The van der Waals surface area contributed by atoms with Gasteiger partial charge in [0.15, 0.2) is 0 Å². The Labute approximate surface area is 153 Å². The van der Waals surface area contributed by atoms with Gasteiger partial charge in [-0.05, 0) is 49.2 Å². The highest BCUT2D eigenvalue weighted by Gasteiger charge is 2.11. The summed E-state index contributed by atoms with van der Waals surface area (Å²) >= 11 is 1.34. The highest BCUT2D eigenvalue weighted by molar-refractivity contribution is 7.98. The van der Waals surface area contributed by atoms with Crippen molar-refractivity contribution < 1.29 is 4.42 Å². The Hall–Kier alpha value is -2.93. The molecule has 0 bridgehead atoms. The first-order valence-corrected chi connectivity index (χ1v) is 9.10. The largest absolute Gasteiger partial charge is 0.411 e. The maximum atomic E-state index is 12.1. The molecule has 4 aromatic rings. The quantitative estimate of drug-likeness (QED) is 0.553.